The molecule has 2 N–H and O–H groups in total. The van der Waals surface area contributed by atoms with Crippen molar-refractivity contribution in [1.82, 2.24) is 0 Å². The molecule has 3 rings (SSSR count). The van der Waals surface area contributed by atoms with Crippen molar-refractivity contribution in [2.75, 3.05) is 0 Å². The highest BCUT2D eigenvalue weighted by molar-refractivity contribution is 9.11. The predicted octanol–water partition coefficient (Wildman–Crippen LogP) is 4.71. The average molecular weight is 318 g/mol. The van der Waals surface area contributed by atoms with Gasteiger partial charge in [-0.3, -0.25) is 0 Å². The number of halogens is 1. The van der Waals surface area contributed by atoms with Crippen molar-refractivity contribution in [3.05, 3.63) is 68.8 Å². The Labute approximate surface area is 118 Å². The molecule has 0 spiro atoms. The first-order valence-corrected chi connectivity index (χ1v) is 7.40. The largest absolute Gasteiger partial charge is 0.320 e. The van der Waals surface area contributed by atoms with Gasteiger partial charge in [-0.25, -0.2) is 0 Å². The van der Waals surface area contributed by atoms with Crippen LogP contribution in [-0.2, 0) is 0 Å². The van der Waals surface area contributed by atoms with Gasteiger partial charge in [0.2, 0.25) is 0 Å². The van der Waals surface area contributed by atoms with Crippen LogP contribution >= 0.6 is 27.3 Å². The highest BCUT2D eigenvalue weighted by Gasteiger charge is 2.13. The van der Waals surface area contributed by atoms with Crippen molar-refractivity contribution in [3.8, 4) is 0 Å². The summed E-state index contributed by atoms with van der Waals surface area (Å²) in [6, 6.07) is 16.7. The summed E-state index contributed by atoms with van der Waals surface area (Å²) >= 11 is 5.16. The van der Waals surface area contributed by atoms with E-state index in [1.165, 1.54) is 16.3 Å². The van der Waals surface area contributed by atoms with Crippen LogP contribution in [0, 0.1) is 0 Å². The summed E-state index contributed by atoms with van der Waals surface area (Å²) in [5, 5.41) is 4.57. The van der Waals surface area contributed by atoms with E-state index in [2.05, 4.69) is 69.8 Å². The summed E-state index contributed by atoms with van der Waals surface area (Å²) in [5.74, 6) is 0. The summed E-state index contributed by atoms with van der Waals surface area (Å²) in [6.45, 7) is 0. The van der Waals surface area contributed by atoms with Crippen LogP contribution in [0.25, 0.3) is 10.8 Å². The lowest BCUT2D eigenvalue weighted by molar-refractivity contribution is 0.886. The van der Waals surface area contributed by atoms with E-state index in [0.717, 1.165) is 9.35 Å². The lowest BCUT2D eigenvalue weighted by Crippen LogP contribution is -2.11. The zero-order chi connectivity index (χ0) is 12.5. The van der Waals surface area contributed by atoms with E-state index in [4.69, 9.17) is 5.73 Å². The van der Waals surface area contributed by atoms with Crippen LogP contribution in [0.4, 0.5) is 0 Å². The number of nitrogens with two attached hydrogens (primary N) is 1. The van der Waals surface area contributed by atoms with Gasteiger partial charge >= 0.3 is 0 Å². The minimum Gasteiger partial charge on any atom is -0.320 e. The van der Waals surface area contributed by atoms with Crippen molar-refractivity contribution in [3.63, 3.8) is 0 Å². The van der Waals surface area contributed by atoms with Gasteiger partial charge in [0, 0.05) is 0 Å². The Morgan fingerprint density at radius 1 is 1.06 bits per heavy atom. The molecule has 1 atom stereocenters. The maximum Gasteiger partial charge on any atom is 0.0701 e. The number of benzene rings is 2. The zero-order valence-electron chi connectivity index (χ0n) is 9.64. The average Bonchev–Trinajstić information content (AvgIpc) is 2.84. The number of hydrogen-bond acceptors (Lipinski definition) is 2. The normalized spacial score (nSPS) is 12.8. The van der Waals surface area contributed by atoms with Crippen LogP contribution in [0.15, 0.2) is 57.7 Å². The fourth-order valence-electron chi connectivity index (χ4n) is 2.19. The van der Waals surface area contributed by atoms with Gasteiger partial charge in [-0.2, -0.15) is 0 Å². The van der Waals surface area contributed by atoms with Crippen molar-refractivity contribution < 1.29 is 0 Å². The van der Waals surface area contributed by atoms with Crippen LogP contribution in [0.1, 0.15) is 17.2 Å². The molecule has 0 saturated carbocycles. The Balaban J connectivity index is 2.14. The molecule has 1 aromatic heterocycles. The molecule has 0 amide bonds. The molecular weight excluding hydrogens is 306 g/mol. The minimum atomic E-state index is -0.0707. The van der Waals surface area contributed by atoms with E-state index in [1.54, 1.807) is 11.3 Å². The monoisotopic (exact) mass is 317 g/mol. The molecule has 90 valence electrons. The second-order valence-corrected chi connectivity index (χ2v) is 6.52. The standard InChI is InChI=1S/C15H12BrNS/c16-14-8-11(9-18-14)15(17)13-7-3-5-10-4-1-2-6-12(10)13/h1-9,15H,17H2. The van der Waals surface area contributed by atoms with Crippen LogP contribution in [0.5, 0.6) is 0 Å². The molecule has 1 nitrogen and oxygen atoms in total. The Bertz CT molecular complexity index is 684. The van der Waals surface area contributed by atoms with Crippen molar-refractivity contribution in [2.24, 2.45) is 5.73 Å². The van der Waals surface area contributed by atoms with Crippen LogP contribution in [0.2, 0.25) is 0 Å². The fourth-order valence-corrected chi connectivity index (χ4v) is 3.40. The molecule has 3 heteroatoms. The Morgan fingerprint density at radius 2 is 1.83 bits per heavy atom. The summed E-state index contributed by atoms with van der Waals surface area (Å²) in [5.41, 5.74) is 8.72. The fraction of sp³-hybridized carbons (Fsp3) is 0.0667. The lowest BCUT2D eigenvalue weighted by Gasteiger charge is -2.13. The predicted molar refractivity (Wildman–Crippen MR) is 82.0 cm³/mol. The molecule has 0 saturated heterocycles. The maximum atomic E-state index is 6.38. The summed E-state index contributed by atoms with van der Waals surface area (Å²) in [4.78, 5) is 0. The maximum absolute atomic E-state index is 6.38. The van der Waals surface area contributed by atoms with Gasteiger partial charge in [0.15, 0.2) is 0 Å². The van der Waals surface area contributed by atoms with Gasteiger partial charge in [-0.1, -0.05) is 42.5 Å². The summed E-state index contributed by atoms with van der Waals surface area (Å²) in [7, 11) is 0. The first-order valence-electron chi connectivity index (χ1n) is 5.73. The van der Waals surface area contributed by atoms with Crippen molar-refractivity contribution in [2.45, 2.75) is 6.04 Å². The Kier molecular flexibility index (Phi) is 3.20. The minimum absolute atomic E-state index is 0.0707. The van der Waals surface area contributed by atoms with E-state index < -0.39 is 0 Å². The van der Waals surface area contributed by atoms with Gasteiger partial charge < -0.3 is 5.73 Å². The number of rotatable bonds is 2. The molecule has 18 heavy (non-hydrogen) atoms. The Hall–Kier alpha value is -1.16. The van der Waals surface area contributed by atoms with E-state index in [0.29, 0.717) is 0 Å². The van der Waals surface area contributed by atoms with Gasteiger partial charge in [0.1, 0.15) is 0 Å². The zero-order valence-corrected chi connectivity index (χ0v) is 12.0. The third kappa shape index (κ3) is 2.09. The molecule has 2 aromatic carbocycles. The number of fused-ring (bicyclic) bond motifs is 1. The van der Waals surface area contributed by atoms with E-state index in [1.807, 2.05) is 0 Å². The molecule has 3 aromatic rings. The molecule has 0 fully saturated rings. The van der Waals surface area contributed by atoms with Crippen LogP contribution in [0.3, 0.4) is 0 Å². The third-order valence-corrected chi connectivity index (χ3v) is 4.63. The van der Waals surface area contributed by atoms with E-state index >= 15 is 0 Å². The second-order valence-electron chi connectivity index (χ2n) is 4.23. The van der Waals surface area contributed by atoms with Gasteiger partial charge in [-0.05, 0) is 49.3 Å². The van der Waals surface area contributed by atoms with Crippen LogP contribution < -0.4 is 5.73 Å². The highest BCUT2D eigenvalue weighted by Crippen LogP contribution is 2.31. The molecule has 0 aliphatic heterocycles. The van der Waals surface area contributed by atoms with Crippen molar-refractivity contribution in [1.29, 1.82) is 0 Å². The molecule has 0 aliphatic rings. The topological polar surface area (TPSA) is 26.0 Å². The highest BCUT2D eigenvalue weighted by atomic mass is 79.9. The van der Waals surface area contributed by atoms with Gasteiger partial charge in [-0.15, -0.1) is 11.3 Å². The third-order valence-electron chi connectivity index (χ3n) is 3.11. The van der Waals surface area contributed by atoms with E-state index in [9.17, 15) is 0 Å². The number of thiophene rings is 1. The first kappa shape index (κ1) is 11.9. The Morgan fingerprint density at radius 3 is 2.61 bits per heavy atom. The molecule has 1 unspecified atom stereocenters. The molecule has 1 heterocycles. The van der Waals surface area contributed by atoms with Crippen molar-refractivity contribution >= 4 is 38.0 Å². The quantitative estimate of drug-likeness (QED) is 0.727. The second kappa shape index (κ2) is 4.84. The van der Waals surface area contributed by atoms with Gasteiger partial charge in [0.25, 0.3) is 0 Å². The van der Waals surface area contributed by atoms with Gasteiger partial charge in [0.05, 0.1) is 9.83 Å². The SMILES string of the molecule is NC(c1csc(Br)c1)c1cccc2ccccc12. The van der Waals surface area contributed by atoms with E-state index in [-0.39, 0.29) is 6.04 Å². The first-order chi connectivity index (χ1) is 8.75. The van der Waals surface area contributed by atoms with Crippen LogP contribution in [-0.4, -0.2) is 0 Å². The lowest BCUT2D eigenvalue weighted by atomic mass is 9.96. The molecule has 0 aliphatic carbocycles. The summed E-state index contributed by atoms with van der Waals surface area (Å²) in [6.07, 6.45) is 0. The molecular formula is C15H12BrNS. The molecule has 0 bridgehead atoms. The number of hydrogen-bond donors (Lipinski definition) is 1. The molecule has 0 radical (unpaired) electrons. The smallest absolute Gasteiger partial charge is 0.0701 e. The summed E-state index contributed by atoms with van der Waals surface area (Å²) < 4.78 is 1.12.